The summed E-state index contributed by atoms with van der Waals surface area (Å²) in [5, 5.41) is 14.4. The van der Waals surface area contributed by atoms with Gasteiger partial charge in [0.05, 0.1) is 12.6 Å². The standard InChI is InChI=1S/C14H16N2O3/c1-10-4-5-15-16(10)9-12(17)11-2-3-13-14(8-11)19-7-6-18-13/h2-5,8,12,17H,6-7,9H2,1H3. The van der Waals surface area contributed by atoms with Crippen LogP contribution >= 0.6 is 0 Å². The predicted molar refractivity (Wildman–Crippen MR) is 69.4 cm³/mol. The summed E-state index contributed by atoms with van der Waals surface area (Å²) in [6.07, 6.45) is 1.11. The number of rotatable bonds is 3. The molecule has 100 valence electrons. The van der Waals surface area contributed by atoms with E-state index in [4.69, 9.17) is 9.47 Å². The molecule has 1 aliphatic rings. The molecule has 1 N–H and O–H groups in total. The number of fused-ring (bicyclic) bond motifs is 1. The van der Waals surface area contributed by atoms with E-state index in [-0.39, 0.29) is 0 Å². The van der Waals surface area contributed by atoms with Crippen LogP contribution < -0.4 is 9.47 Å². The van der Waals surface area contributed by atoms with Gasteiger partial charge in [0.1, 0.15) is 13.2 Å². The van der Waals surface area contributed by atoms with Crippen molar-refractivity contribution in [2.45, 2.75) is 19.6 Å². The molecule has 2 aromatic rings. The first-order valence-corrected chi connectivity index (χ1v) is 6.30. The van der Waals surface area contributed by atoms with Crippen molar-refractivity contribution < 1.29 is 14.6 Å². The quantitative estimate of drug-likeness (QED) is 0.912. The Balaban J connectivity index is 1.80. The fraction of sp³-hybridized carbons (Fsp3) is 0.357. The van der Waals surface area contributed by atoms with E-state index < -0.39 is 6.10 Å². The lowest BCUT2D eigenvalue weighted by Gasteiger charge is -2.20. The fourth-order valence-corrected chi connectivity index (χ4v) is 2.13. The number of aliphatic hydroxyl groups excluding tert-OH is 1. The van der Waals surface area contributed by atoms with Gasteiger partial charge in [0.2, 0.25) is 0 Å². The van der Waals surface area contributed by atoms with E-state index in [9.17, 15) is 5.11 Å². The third kappa shape index (κ3) is 2.42. The molecule has 1 aromatic carbocycles. The molecule has 0 spiro atoms. The number of aryl methyl sites for hydroxylation is 1. The van der Waals surface area contributed by atoms with Gasteiger partial charge in [-0.25, -0.2) is 0 Å². The molecular weight excluding hydrogens is 244 g/mol. The zero-order valence-corrected chi connectivity index (χ0v) is 10.7. The molecule has 1 aromatic heterocycles. The lowest BCUT2D eigenvalue weighted by molar-refractivity contribution is 0.147. The van der Waals surface area contributed by atoms with Gasteiger partial charge in [0.25, 0.3) is 0 Å². The van der Waals surface area contributed by atoms with Crippen LogP contribution in [-0.4, -0.2) is 28.1 Å². The van der Waals surface area contributed by atoms with Gasteiger partial charge in [0.15, 0.2) is 11.5 Å². The minimum Gasteiger partial charge on any atom is -0.486 e. The first-order chi connectivity index (χ1) is 9.24. The SMILES string of the molecule is Cc1ccnn1CC(O)c1ccc2c(c1)OCCO2. The summed E-state index contributed by atoms with van der Waals surface area (Å²) in [6.45, 7) is 3.51. The molecule has 0 radical (unpaired) electrons. The van der Waals surface area contributed by atoms with E-state index in [0.29, 0.717) is 25.5 Å². The second-order valence-corrected chi connectivity index (χ2v) is 4.57. The number of nitrogens with zero attached hydrogens (tertiary/aromatic N) is 2. The largest absolute Gasteiger partial charge is 0.486 e. The van der Waals surface area contributed by atoms with Gasteiger partial charge in [-0.1, -0.05) is 6.07 Å². The molecule has 1 aliphatic heterocycles. The van der Waals surface area contributed by atoms with Crippen molar-refractivity contribution >= 4 is 0 Å². The highest BCUT2D eigenvalue weighted by Gasteiger charge is 2.16. The van der Waals surface area contributed by atoms with E-state index in [2.05, 4.69) is 5.10 Å². The molecule has 0 bridgehead atoms. The lowest BCUT2D eigenvalue weighted by atomic mass is 10.1. The Morgan fingerprint density at radius 1 is 1.26 bits per heavy atom. The van der Waals surface area contributed by atoms with Crippen molar-refractivity contribution in [3.05, 3.63) is 41.7 Å². The Labute approximate surface area is 111 Å². The Bertz CT molecular complexity index is 580. The number of hydrogen-bond donors (Lipinski definition) is 1. The van der Waals surface area contributed by atoms with Crippen LogP contribution in [0.1, 0.15) is 17.4 Å². The van der Waals surface area contributed by atoms with Gasteiger partial charge in [-0.15, -0.1) is 0 Å². The number of ether oxygens (including phenoxy) is 2. The van der Waals surface area contributed by atoms with E-state index in [1.54, 1.807) is 10.9 Å². The molecule has 2 heterocycles. The molecule has 0 aliphatic carbocycles. The average Bonchev–Trinajstić information content (AvgIpc) is 2.84. The predicted octanol–water partition coefficient (Wildman–Crippen LogP) is 1.70. The summed E-state index contributed by atoms with van der Waals surface area (Å²) in [5.41, 5.74) is 1.83. The van der Waals surface area contributed by atoms with E-state index in [1.807, 2.05) is 31.2 Å². The van der Waals surface area contributed by atoms with Crippen LogP contribution in [0.5, 0.6) is 11.5 Å². The van der Waals surface area contributed by atoms with Crippen molar-refractivity contribution in [1.82, 2.24) is 9.78 Å². The molecule has 3 rings (SSSR count). The van der Waals surface area contributed by atoms with Crippen molar-refractivity contribution in [1.29, 1.82) is 0 Å². The highest BCUT2D eigenvalue weighted by molar-refractivity contribution is 5.44. The van der Waals surface area contributed by atoms with Gasteiger partial charge in [-0.05, 0) is 30.7 Å². The normalized spacial score (nSPS) is 15.3. The van der Waals surface area contributed by atoms with Crippen LogP contribution in [0.3, 0.4) is 0 Å². The number of aromatic nitrogens is 2. The Kier molecular flexibility index (Phi) is 3.13. The fourth-order valence-electron chi connectivity index (χ4n) is 2.13. The molecule has 1 atom stereocenters. The summed E-state index contributed by atoms with van der Waals surface area (Å²) >= 11 is 0. The molecule has 19 heavy (non-hydrogen) atoms. The van der Waals surface area contributed by atoms with Crippen LogP contribution in [0, 0.1) is 6.92 Å². The zero-order valence-electron chi connectivity index (χ0n) is 10.7. The van der Waals surface area contributed by atoms with Gasteiger partial charge in [-0.2, -0.15) is 5.10 Å². The highest BCUT2D eigenvalue weighted by Crippen LogP contribution is 2.32. The second kappa shape index (κ2) is 4.93. The van der Waals surface area contributed by atoms with Gasteiger partial charge >= 0.3 is 0 Å². The lowest BCUT2D eigenvalue weighted by Crippen LogP contribution is -2.16. The van der Waals surface area contributed by atoms with Gasteiger partial charge in [-0.3, -0.25) is 4.68 Å². The summed E-state index contributed by atoms with van der Waals surface area (Å²) in [6, 6.07) is 7.44. The van der Waals surface area contributed by atoms with Crippen molar-refractivity contribution in [3.8, 4) is 11.5 Å². The third-order valence-corrected chi connectivity index (χ3v) is 3.23. The Morgan fingerprint density at radius 2 is 2.05 bits per heavy atom. The van der Waals surface area contributed by atoms with Gasteiger partial charge < -0.3 is 14.6 Å². The molecule has 5 nitrogen and oxygen atoms in total. The average molecular weight is 260 g/mol. The van der Waals surface area contributed by atoms with Crippen molar-refractivity contribution in [3.63, 3.8) is 0 Å². The minimum atomic E-state index is -0.616. The molecule has 0 fully saturated rings. The molecule has 0 amide bonds. The molecule has 0 saturated carbocycles. The summed E-state index contributed by atoms with van der Waals surface area (Å²) in [4.78, 5) is 0. The molecule has 0 saturated heterocycles. The Hall–Kier alpha value is -2.01. The third-order valence-electron chi connectivity index (χ3n) is 3.23. The second-order valence-electron chi connectivity index (χ2n) is 4.57. The summed E-state index contributed by atoms with van der Waals surface area (Å²) < 4.78 is 12.8. The van der Waals surface area contributed by atoms with Crippen LogP contribution in [0.15, 0.2) is 30.5 Å². The Morgan fingerprint density at radius 3 is 2.79 bits per heavy atom. The van der Waals surface area contributed by atoms with E-state index >= 15 is 0 Å². The zero-order chi connectivity index (χ0) is 13.2. The molecule has 1 unspecified atom stereocenters. The van der Waals surface area contributed by atoms with E-state index in [0.717, 1.165) is 17.0 Å². The monoisotopic (exact) mass is 260 g/mol. The van der Waals surface area contributed by atoms with Crippen LogP contribution in [-0.2, 0) is 6.54 Å². The summed E-state index contributed by atoms with van der Waals surface area (Å²) in [5.74, 6) is 1.43. The number of aliphatic hydroxyl groups is 1. The topological polar surface area (TPSA) is 56.5 Å². The van der Waals surface area contributed by atoms with Crippen molar-refractivity contribution in [2.75, 3.05) is 13.2 Å². The minimum absolute atomic E-state index is 0.429. The van der Waals surface area contributed by atoms with Crippen LogP contribution in [0.4, 0.5) is 0 Å². The number of benzene rings is 1. The smallest absolute Gasteiger partial charge is 0.161 e. The van der Waals surface area contributed by atoms with Crippen LogP contribution in [0.2, 0.25) is 0 Å². The van der Waals surface area contributed by atoms with Gasteiger partial charge in [0, 0.05) is 11.9 Å². The highest BCUT2D eigenvalue weighted by atomic mass is 16.6. The molecular formula is C14H16N2O3. The first kappa shape index (κ1) is 12.0. The van der Waals surface area contributed by atoms with E-state index in [1.165, 1.54) is 0 Å². The maximum absolute atomic E-state index is 10.3. The number of hydrogen-bond acceptors (Lipinski definition) is 4. The maximum Gasteiger partial charge on any atom is 0.161 e. The first-order valence-electron chi connectivity index (χ1n) is 6.30. The maximum atomic E-state index is 10.3. The van der Waals surface area contributed by atoms with Crippen molar-refractivity contribution in [2.24, 2.45) is 0 Å². The summed E-state index contributed by atoms with van der Waals surface area (Å²) in [7, 11) is 0. The van der Waals surface area contributed by atoms with Crippen LogP contribution in [0.25, 0.3) is 0 Å². The molecule has 5 heteroatoms.